The van der Waals surface area contributed by atoms with Gasteiger partial charge >= 0.3 is 12.0 Å². The van der Waals surface area contributed by atoms with Gasteiger partial charge in [0, 0.05) is 6.04 Å². The molecule has 118 valence electrons. The van der Waals surface area contributed by atoms with E-state index in [9.17, 15) is 9.59 Å². The first-order chi connectivity index (χ1) is 9.22. The SMILES string of the molecule is CC(C)CCC[C@@H](C)NC(=O)N[C@@H](CC(C)C)C(=O)O. The van der Waals surface area contributed by atoms with Gasteiger partial charge in [0.25, 0.3) is 0 Å². The summed E-state index contributed by atoms with van der Waals surface area (Å²) in [6.45, 7) is 10.2. The van der Waals surface area contributed by atoms with Crippen LogP contribution in [0.5, 0.6) is 0 Å². The molecule has 0 rings (SSSR count). The zero-order chi connectivity index (χ0) is 15.7. The van der Waals surface area contributed by atoms with E-state index in [0.29, 0.717) is 12.3 Å². The maximum atomic E-state index is 11.8. The van der Waals surface area contributed by atoms with E-state index >= 15 is 0 Å². The van der Waals surface area contributed by atoms with Gasteiger partial charge in [0.2, 0.25) is 0 Å². The van der Waals surface area contributed by atoms with Crippen LogP contribution in [0.15, 0.2) is 0 Å². The summed E-state index contributed by atoms with van der Waals surface area (Å²) in [6, 6.07) is -1.16. The second-order valence-corrected chi connectivity index (χ2v) is 6.36. The van der Waals surface area contributed by atoms with Gasteiger partial charge in [-0.25, -0.2) is 9.59 Å². The molecule has 20 heavy (non-hydrogen) atoms. The predicted octanol–water partition coefficient (Wildman–Crippen LogP) is 3.00. The topological polar surface area (TPSA) is 78.4 Å². The largest absolute Gasteiger partial charge is 0.480 e. The number of hydrogen-bond acceptors (Lipinski definition) is 2. The Morgan fingerprint density at radius 2 is 1.55 bits per heavy atom. The Morgan fingerprint density at radius 3 is 2.00 bits per heavy atom. The van der Waals surface area contributed by atoms with Crippen LogP contribution in [-0.2, 0) is 4.79 Å². The van der Waals surface area contributed by atoms with Gasteiger partial charge < -0.3 is 15.7 Å². The number of carbonyl (C=O) groups is 2. The van der Waals surface area contributed by atoms with Gasteiger partial charge in [-0.15, -0.1) is 0 Å². The summed E-state index contributed by atoms with van der Waals surface area (Å²) in [5.41, 5.74) is 0. The lowest BCUT2D eigenvalue weighted by atomic mass is 10.0. The molecule has 0 spiro atoms. The molecule has 0 aromatic rings. The monoisotopic (exact) mass is 286 g/mol. The van der Waals surface area contributed by atoms with Crippen molar-refractivity contribution in [3.8, 4) is 0 Å². The number of carboxylic acid groups (broad SMARTS) is 1. The van der Waals surface area contributed by atoms with Crippen LogP contribution < -0.4 is 10.6 Å². The minimum absolute atomic E-state index is 0.0576. The number of urea groups is 1. The molecule has 0 aromatic heterocycles. The average Bonchev–Trinajstić information content (AvgIpc) is 2.26. The summed E-state index contributed by atoms with van der Waals surface area (Å²) in [6.07, 6.45) is 3.55. The summed E-state index contributed by atoms with van der Waals surface area (Å²) < 4.78 is 0. The first-order valence-electron chi connectivity index (χ1n) is 7.52. The average molecular weight is 286 g/mol. The highest BCUT2D eigenvalue weighted by Crippen LogP contribution is 2.08. The van der Waals surface area contributed by atoms with E-state index in [-0.39, 0.29) is 12.0 Å². The van der Waals surface area contributed by atoms with Gasteiger partial charge in [-0.1, -0.05) is 40.5 Å². The first kappa shape index (κ1) is 18.7. The van der Waals surface area contributed by atoms with Crippen molar-refractivity contribution in [1.29, 1.82) is 0 Å². The molecule has 0 bridgehead atoms. The fourth-order valence-electron chi connectivity index (χ4n) is 2.02. The Kier molecular flexibility index (Phi) is 9.01. The lowest BCUT2D eigenvalue weighted by molar-refractivity contribution is -0.139. The number of aliphatic carboxylic acids is 1. The van der Waals surface area contributed by atoms with Gasteiger partial charge in [0.1, 0.15) is 6.04 Å². The third kappa shape index (κ3) is 9.64. The van der Waals surface area contributed by atoms with E-state index in [0.717, 1.165) is 19.3 Å². The second-order valence-electron chi connectivity index (χ2n) is 6.36. The molecule has 2 atom stereocenters. The highest BCUT2D eigenvalue weighted by molar-refractivity contribution is 5.82. The highest BCUT2D eigenvalue weighted by Gasteiger charge is 2.21. The first-order valence-corrected chi connectivity index (χ1v) is 7.52. The predicted molar refractivity (Wildman–Crippen MR) is 80.7 cm³/mol. The third-order valence-corrected chi connectivity index (χ3v) is 3.11. The Hall–Kier alpha value is -1.26. The molecule has 0 unspecified atom stereocenters. The molecule has 5 heteroatoms. The normalized spacial score (nSPS) is 14.2. The fourth-order valence-corrected chi connectivity index (χ4v) is 2.02. The Morgan fingerprint density at radius 1 is 0.950 bits per heavy atom. The summed E-state index contributed by atoms with van der Waals surface area (Å²) >= 11 is 0. The molecule has 0 heterocycles. The molecule has 5 nitrogen and oxygen atoms in total. The fraction of sp³-hybridized carbons (Fsp3) is 0.867. The number of nitrogens with one attached hydrogen (secondary N) is 2. The second kappa shape index (κ2) is 9.61. The van der Waals surface area contributed by atoms with Gasteiger partial charge in [-0.3, -0.25) is 0 Å². The van der Waals surface area contributed by atoms with Crippen LogP contribution in [0.2, 0.25) is 0 Å². The van der Waals surface area contributed by atoms with Crippen molar-refractivity contribution in [2.45, 2.75) is 72.4 Å². The lowest BCUT2D eigenvalue weighted by Crippen LogP contribution is -2.48. The van der Waals surface area contributed by atoms with Crippen molar-refractivity contribution >= 4 is 12.0 Å². The summed E-state index contributed by atoms with van der Waals surface area (Å²) in [4.78, 5) is 22.8. The molecule has 0 saturated heterocycles. The van der Waals surface area contributed by atoms with Crippen LogP contribution in [0.25, 0.3) is 0 Å². The number of amides is 2. The molecular weight excluding hydrogens is 256 g/mol. The van der Waals surface area contributed by atoms with Crippen molar-refractivity contribution in [3.63, 3.8) is 0 Å². The van der Waals surface area contributed by atoms with Crippen molar-refractivity contribution in [2.24, 2.45) is 11.8 Å². The van der Waals surface area contributed by atoms with E-state index < -0.39 is 18.0 Å². The van der Waals surface area contributed by atoms with Crippen molar-refractivity contribution in [2.75, 3.05) is 0 Å². The highest BCUT2D eigenvalue weighted by atomic mass is 16.4. The van der Waals surface area contributed by atoms with Crippen molar-refractivity contribution in [1.82, 2.24) is 10.6 Å². The molecule has 0 radical (unpaired) electrons. The van der Waals surface area contributed by atoms with Gasteiger partial charge in [-0.05, 0) is 31.6 Å². The number of hydrogen-bond donors (Lipinski definition) is 3. The molecule has 0 aliphatic heterocycles. The third-order valence-electron chi connectivity index (χ3n) is 3.11. The zero-order valence-electron chi connectivity index (χ0n) is 13.4. The Bertz CT molecular complexity index is 303. The van der Waals surface area contributed by atoms with Crippen LogP contribution in [0.4, 0.5) is 4.79 Å². The minimum Gasteiger partial charge on any atom is -0.480 e. The van der Waals surface area contributed by atoms with Gasteiger partial charge in [0.05, 0.1) is 0 Å². The van der Waals surface area contributed by atoms with Crippen LogP contribution in [0.3, 0.4) is 0 Å². The van der Waals surface area contributed by atoms with E-state index in [1.165, 1.54) is 0 Å². The summed E-state index contributed by atoms with van der Waals surface area (Å²) in [5, 5.41) is 14.4. The maximum absolute atomic E-state index is 11.8. The Balaban J connectivity index is 4.08. The number of carbonyl (C=O) groups excluding carboxylic acids is 1. The number of rotatable bonds is 9. The molecule has 2 amide bonds. The van der Waals surface area contributed by atoms with Crippen LogP contribution in [0, 0.1) is 11.8 Å². The zero-order valence-corrected chi connectivity index (χ0v) is 13.4. The standard InChI is InChI=1S/C15H30N2O3/c1-10(2)7-6-8-12(5)16-15(20)17-13(14(18)19)9-11(3)4/h10-13H,6-9H2,1-5H3,(H,18,19)(H2,16,17,20)/t12-,13+/m1/s1. The van der Waals surface area contributed by atoms with E-state index in [4.69, 9.17) is 5.11 Å². The smallest absolute Gasteiger partial charge is 0.326 e. The molecule has 0 aromatic carbocycles. The quantitative estimate of drug-likeness (QED) is 0.609. The van der Waals surface area contributed by atoms with Gasteiger partial charge in [0.15, 0.2) is 0 Å². The summed E-state index contributed by atoms with van der Waals surface area (Å²) in [5.74, 6) is -0.0976. The van der Waals surface area contributed by atoms with Crippen LogP contribution >= 0.6 is 0 Å². The molecule has 0 aliphatic carbocycles. The minimum atomic E-state index is -0.985. The molecule has 0 saturated carbocycles. The van der Waals surface area contributed by atoms with E-state index in [2.05, 4.69) is 24.5 Å². The van der Waals surface area contributed by atoms with Gasteiger partial charge in [-0.2, -0.15) is 0 Å². The number of carboxylic acids is 1. The van der Waals surface area contributed by atoms with Crippen LogP contribution in [0.1, 0.15) is 60.3 Å². The summed E-state index contributed by atoms with van der Waals surface area (Å²) in [7, 11) is 0. The van der Waals surface area contributed by atoms with Crippen LogP contribution in [-0.4, -0.2) is 29.2 Å². The van der Waals surface area contributed by atoms with E-state index in [1.54, 1.807) is 0 Å². The van der Waals surface area contributed by atoms with Crippen molar-refractivity contribution in [3.05, 3.63) is 0 Å². The van der Waals surface area contributed by atoms with E-state index in [1.807, 2.05) is 20.8 Å². The molecular formula is C15H30N2O3. The molecule has 3 N–H and O–H groups in total. The molecule has 0 fully saturated rings. The molecule has 0 aliphatic rings. The lowest BCUT2D eigenvalue weighted by Gasteiger charge is -2.19. The Labute approximate surface area is 122 Å². The maximum Gasteiger partial charge on any atom is 0.326 e. The van der Waals surface area contributed by atoms with Crippen molar-refractivity contribution < 1.29 is 14.7 Å².